The van der Waals surface area contributed by atoms with Gasteiger partial charge in [0.2, 0.25) is 5.56 Å². The summed E-state index contributed by atoms with van der Waals surface area (Å²) >= 11 is 0. The van der Waals surface area contributed by atoms with Gasteiger partial charge in [0.05, 0.1) is 11.7 Å². The number of aliphatic hydroxyl groups excluding tert-OH is 1. The number of aromatic nitrogens is 1. The average molecular weight is 196 g/mol. The summed E-state index contributed by atoms with van der Waals surface area (Å²) in [6.45, 7) is 1.77. The Morgan fingerprint density at radius 3 is 2.86 bits per heavy atom. The Hall–Kier alpha value is -1.62. The SMILES string of the molecule is CC(O)CNC(=O)c1ccc(=O)[nH]c1. The van der Waals surface area contributed by atoms with Crippen LogP contribution in [0, 0.1) is 0 Å². The molecule has 0 aromatic carbocycles. The van der Waals surface area contributed by atoms with Crippen LogP contribution in [0.2, 0.25) is 0 Å². The van der Waals surface area contributed by atoms with E-state index in [1.165, 1.54) is 18.3 Å². The Morgan fingerprint density at radius 2 is 2.36 bits per heavy atom. The lowest BCUT2D eigenvalue weighted by Crippen LogP contribution is -2.30. The molecule has 14 heavy (non-hydrogen) atoms. The van der Waals surface area contributed by atoms with Crippen molar-refractivity contribution in [2.45, 2.75) is 13.0 Å². The molecule has 1 aromatic heterocycles. The van der Waals surface area contributed by atoms with Gasteiger partial charge in [0, 0.05) is 18.8 Å². The number of nitrogens with one attached hydrogen (secondary N) is 2. The molecule has 1 amide bonds. The molecule has 1 rings (SSSR count). The maximum absolute atomic E-state index is 11.3. The van der Waals surface area contributed by atoms with Crippen molar-refractivity contribution in [3.8, 4) is 0 Å². The van der Waals surface area contributed by atoms with Crippen LogP contribution in [0.5, 0.6) is 0 Å². The van der Waals surface area contributed by atoms with Crippen molar-refractivity contribution in [2.75, 3.05) is 6.54 Å². The summed E-state index contributed by atoms with van der Waals surface area (Å²) in [5, 5.41) is 11.4. The van der Waals surface area contributed by atoms with Crippen molar-refractivity contribution in [1.29, 1.82) is 0 Å². The molecule has 76 valence electrons. The molecule has 1 heterocycles. The predicted molar refractivity (Wildman–Crippen MR) is 51.1 cm³/mol. The zero-order valence-electron chi connectivity index (χ0n) is 7.78. The van der Waals surface area contributed by atoms with E-state index in [1.807, 2.05) is 0 Å². The molecule has 0 aliphatic rings. The fourth-order valence-electron chi connectivity index (χ4n) is 0.894. The van der Waals surface area contributed by atoms with Crippen LogP contribution in [0.4, 0.5) is 0 Å². The van der Waals surface area contributed by atoms with Crippen LogP contribution in [-0.2, 0) is 0 Å². The summed E-state index contributed by atoms with van der Waals surface area (Å²) in [6.07, 6.45) is 0.751. The van der Waals surface area contributed by atoms with E-state index in [-0.39, 0.29) is 18.0 Å². The minimum absolute atomic E-state index is 0.192. The van der Waals surface area contributed by atoms with Gasteiger partial charge in [-0.1, -0.05) is 0 Å². The molecule has 3 N–H and O–H groups in total. The Balaban J connectivity index is 2.61. The molecule has 0 radical (unpaired) electrons. The molecule has 5 nitrogen and oxygen atoms in total. The van der Waals surface area contributed by atoms with Gasteiger partial charge in [0.1, 0.15) is 0 Å². The molecule has 1 aromatic rings. The lowest BCUT2D eigenvalue weighted by Gasteiger charge is -2.06. The number of rotatable bonds is 3. The smallest absolute Gasteiger partial charge is 0.252 e. The van der Waals surface area contributed by atoms with Crippen molar-refractivity contribution >= 4 is 5.91 Å². The molecule has 0 aliphatic carbocycles. The first-order chi connectivity index (χ1) is 6.59. The highest BCUT2D eigenvalue weighted by Crippen LogP contribution is 1.92. The zero-order valence-corrected chi connectivity index (χ0v) is 7.78. The molecule has 0 bridgehead atoms. The van der Waals surface area contributed by atoms with Crippen molar-refractivity contribution in [2.24, 2.45) is 0 Å². The second-order valence-electron chi connectivity index (χ2n) is 3.00. The molecule has 1 atom stereocenters. The highest BCUT2D eigenvalue weighted by Gasteiger charge is 2.05. The molecule has 0 aliphatic heterocycles. The Morgan fingerprint density at radius 1 is 1.64 bits per heavy atom. The number of H-pyrrole nitrogens is 1. The molecule has 0 spiro atoms. The number of carbonyl (C=O) groups excluding carboxylic acids is 1. The summed E-state index contributed by atoms with van der Waals surface area (Å²) in [7, 11) is 0. The molecule has 0 saturated heterocycles. The molecule has 5 heteroatoms. The van der Waals surface area contributed by atoms with Crippen LogP contribution in [-0.4, -0.2) is 28.6 Å². The standard InChI is InChI=1S/C9H12N2O3/c1-6(12)4-11-9(14)7-2-3-8(13)10-5-7/h2-3,5-6,12H,4H2,1H3,(H,10,13)(H,11,14). The maximum atomic E-state index is 11.3. The van der Waals surface area contributed by atoms with Crippen LogP contribution in [0.3, 0.4) is 0 Å². The van der Waals surface area contributed by atoms with Gasteiger partial charge in [0.15, 0.2) is 0 Å². The highest BCUT2D eigenvalue weighted by atomic mass is 16.3. The van der Waals surface area contributed by atoms with Crippen molar-refractivity contribution < 1.29 is 9.90 Å². The van der Waals surface area contributed by atoms with Crippen LogP contribution >= 0.6 is 0 Å². The normalized spacial score (nSPS) is 12.1. The minimum atomic E-state index is -0.582. The lowest BCUT2D eigenvalue weighted by molar-refractivity contribution is 0.0923. The van der Waals surface area contributed by atoms with Crippen molar-refractivity contribution in [1.82, 2.24) is 10.3 Å². The summed E-state index contributed by atoms with van der Waals surface area (Å²) in [6, 6.07) is 2.70. The molecule has 0 fully saturated rings. The first-order valence-electron chi connectivity index (χ1n) is 4.24. The Kier molecular flexibility index (Phi) is 3.41. The van der Waals surface area contributed by atoms with Crippen molar-refractivity contribution in [3.63, 3.8) is 0 Å². The number of aliphatic hydroxyl groups is 1. The van der Waals surface area contributed by atoms with Crippen LogP contribution < -0.4 is 10.9 Å². The first-order valence-corrected chi connectivity index (χ1v) is 4.24. The fraction of sp³-hybridized carbons (Fsp3) is 0.333. The number of hydrogen-bond acceptors (Lipinski definition) is 3. The number of pyridine rings is 1. The van der Waals surface area contributed by atoms with Gasteiger partial charge in [-0.25, -0.2) is 0 Å². The number of amides is 1. The second-order valence-corrected chi connectivity index (χ2v) is 3.00. The quantitative estimate of drug-likeness (QED) is 0.608. The van der Waals surface area contributed by atoms with Crippen LogP contribution in [0.15, 0.2) is 23.1 Å². The van der Waals surface area contributed by atoms with Crippen LogP contribution in [0.1, 0.15) is 17.3 Å². The monoisotopic (exact) mass is 196 g/mol. The van der Waals surface area contributed by atoms with E-state index < -0.39 is 6.10 Å². The van der Waals surface area contributed by atoms with E-state index in [2.05, 4.69) is 10.3 Å². The minimum Gasteiger partial charge on any atom is -0.392 e. The van der Waals surface area contributed by atoms with E-state index in [9.17, 15) is 9.59 Å². The number of aromatic amines is 1. The van der Waals surface area contributed by atoms with Gasteiger partial charge >= 0.3 is 0 Å². The van der Waals surface area contributed by atoms with Gasteiger partial charge in [-0.3, -0.25) is 9.59 Å². The zero-order chi connectivity index (χ0) is 10.6. The summed E-state index contributed by atoms with van der Waals surface area (Å²) in [5.41, 5.74) is 0.113. The molecular weight excluding hydrogens is 184 g/mol. The van der Waals surface area contributed by atoms with Crippen molar-refractivity contribution in [3.05, 3.63) is 34.2 Å². The van der Waals surface area contributed by atoms with Gasteiger partial charge in [-0.05, 0) is 13.0 Å². The average Bonchev–Trinajstić information content (AvgIpc) is 2.15. The van der Waals surface area contributed by atoms with E-state index in [4.69, 9.17) is 5.11 Å². The Labute approximate surface area is 80.8 Å². The second kappa shape index (κ2) is 4.57. The number of hydrogen-bond donors (Lipinski definition) is 3. The van der Waals surface area contributed by atoms with E-state index >= 15 is 0 Å². The molecule has 0 saturated carbocycles. The van der Waals surface area contributed by atoms with Gasteiger partial charge < -0.3 is 15.4 Å². The summed E-state index contributed by atoms with van der Waals surface area (Å²) < 4.78 is 0. The topological polar surface area (TPSA) is 82.2 Å². The lowest BCUT2D eigenvalue weighted by atomic mass is 10.2. The van der Waals surface area contributed by atoms with E-state index in [0.717, 1.165) is 0 Å². The van der Waals surface area contributed by atoms with Crippen LogP contribution in [0.25, 0.3) is 0 Å². The third-order valence-corrected chi connectivity index (χ3v) is 1.60. The molecule has 1 unspecified atom stereocenters. The Bertz CT molecular complexity index is 350. The largest absolute Gasteiger partial charge is 0.392 e. The van der Waals surface area contributed by atoms with E-state index in [0.29, 0.717) is 5.56 Å². The molecular formula is C9H12N2O3. The summed E-state index contributed by atoms with van der Waals surface area (Å²) in [5.74, 6) is -0.317. The van der Waals surface area contributed by atoms with Gasteiger partial charge in [0.25, 0.3) is 5.91 Å². The third kappa shape index (κ3) is 3.02. The highest BCUT2D eigenvalue weighted by molar-refractivity contribution is 5.93. The maximum Gasteiger partial charge on any atom is 0.252 e. The summed E-state index contributed by atoms with van der Waals surface area (Å²) in [4.78, 5) is 24.4. The van der Waals surface area contributed by atoms with E-state index in [1.54, 1.807) is 6.92 Å². The fourth-order valence-corrected chi connectivity index (χ4v) is 0.894. The third-order valence-electron chi connectivity index (χ3n) is 1.60. The predicted octanol–water partition coefficient (Wildman–Crippen LogP) is -0.515. The first kappa shape index (κ1) is 10.5. The van der Waals surface area contributed by atoms with Gasteiger partial charge in [-0.15, -0.1) is 0 Å². The number of carbonyl (C=O) groups is 1. The van der Waals surface area contributed by atoms with Gasteiger partial charge in [-0.2, -0.15) is 0 Å².